The summed E-state index contributed by atoms with van der Waals surface area (Å²) in [4.78, 5) is 12.5. The molecule has 0 aliphatic heterocycles. The van der Waals surface area contributed by atoms with Crippen LogP contribution in [0.25, 0.3) is 0 Å². The van der Waals surface area contributed by atoms with Crippen LogP contribution in [0.4, 0.5) is 0 Å². The van der Waals surface area contributed by atoms with Crippen LogP contribution in [0, 0.1) is 13.8 Å². The van der Waals surface area contributed by atoms with Crippen LogP contribution in [0.2, 0.25) is 0 Å². The smallest absolute Gasteiger partial charge is 0.224 e. The number of aryl methyl sites for hydroxylation is 2. The second-order valence-corrected chi connectivity index (χ2v) is 8.89. The van der Waals surface area contributed by atoms with Crippen molar-refractivity contribution in [2.45, 2.75) is 30.4 Å². The number of furan rings is 1. The van der Waals surface area contributed by atoms with Crippen molar-refractivity contribution < 1.29 is 17.6 Å². The molecule has 0 spiro atoms. The highest BCUT2D eigenvalue weighted by Gasteiger charge is 2.32. The average Bonchev–Trinajstić information content (AvgIpc) is 3.19. The van der Waals surface area contributed by atoms with Crippen LogP contribution in [0.15, 0.2) is 76.2 Å². The summed E-state index contributed by atoms with van der Waals surface area (Å²) in [5, 5.41) is 1.75. The predicted octanol–water partition coefficient (Wildman–Crippen LogP) is 3.77. The fourth-order valence-corrected chi connectivity index (χ4v) is 4.61. The number of benzene rings is 2. The molecule has 6 heteroatoms. The Kier molecular flexibility index (Phi) is 5.99. The van der Waals surface area contributed by atoms with E-state index < -0.39 is 15.1 Å². The van der Waals surface area contributed by atoms with Crippen LogP contribution >= 0.6 is 0 Å². The molecule has 1 atom stereocenters. The molecule has 0 saturated heterocycles. The van der Waals surface area contributed by atoms with Gasteiger partial charge >= 0.3 is 0 Å². The van der Waals surface area contributed by atoms with Gasteiger partial charge in [-0.3, -0.25) is 4.79 Å². The molecule has 0 saturated carbocycles. The first-order chi connectivity index (χ1) is 13.4. The number of nitrogens with one attached hydrogen (secondary N) is 1. The van der Waals surface area contributed by atoms with Crippen molar-refractivity contribution in [1.29, 1.82) is 0 Å². The molecule has 1 aromatic heterocycles. The molecule has 0 unspecified atom stereocenters. The van der Waals surface area contributed by atoms with Crippen LogP contribution in [-0.4, -0.2) is 20.9 Å². The molecule has 3 rings (SSSR count). The average molecular weight is 397 g/mol. The van der Waals surface area contributed by atoms with E-state index >= 15 is 0 Å². The summed E-state index contributed by atoms with van der Waals surface area (Å²) in [6, 6.07) is 17.6. The molecule has 1 heterocycles. The number of hydrogen-bond donors (Lipinski definition) is 1. The lowest BCUT2D eigenvalue weighted by Crippen LogP contribution is -2.32. The number of carbonyl (C=O) groups is 1. The van der Waals surface area contributed by atoms with Crippen LogP contribution in [0.1, 0.15) is 27.7 Å². The van der Waals surface area contributed by atoms with Crippen molar-refractivity contribution in [3.05, 3.63) is 89.4 Å². The lowest BCUT2D eigenvalue weighted by molar-refractivity contribution is -0.120. The number of hydrogen-bond acceptors (Lipinski definition) is 4. The predicted molar refractivity (Wildman–Crippen MR) is 108 cm³/mol. The molecule has 28 heavy (non-hydrogen) atoms. The maximum absolute atomic E-state index is 13.3. The standard InChI is InChI=1S/C22H23NO4S/c1-16-10-11-19(13-17(16)2)28(25,26)21(20-9-6-12-27-20)15-23-22(24)14-18-7-4-3-5-8-18/h3-13,21H,14-15H2,1-2H3,(H,23,24)/t21-/m0/s1. The molecule has 0 fully saturated rings. The van der Waals surface area contributed by atoms with Gasteiger partial charge in [-0.15, -0.1) is 0 Å². The fraction of sp³-hybridized carbons (Fsp3) is 0.227. The van der Waals surface area contributed by atoms with Crippen molar-refractivity contribution in [3.63, 3.8) is 0 Å². The van der Waals surface area contributed by atoms with Crippen molar-refractivity contribution in [3.8, 4) is 0 Å². The van der Waals surface area contributed by atoms with Crippen LogP contribution in [0.3, 0.4) is 0 Å². The van der Waals surface area contributed by atoms with Gasteiger partial charge in [-0.05, 0) is 54.8 Å². The first kappa shape index (κ1) is 19.9. The van der Waals surface area contributed by atoms with Crippen molar-refractivity contribution in [1.82, 2.24) is 5.32 Å². The molecule has 0 bridgehead atoms. The first-order valence-corrected chi connectivity index (χ1v) is 10.6. The zero-order valence-electron chi connectivity index (χ0n) is 15.9. The number of amides is 1. The van der Waals surface area contributed by atoms with E-state index in [1.165, 1.54) is 6.26 Å². The highest BCUT2D eigenvalue weighted by molar-refractivity contribution is 7.91. The van der Waals surface area contributed by atoms with E-state index in [0.717, 1.165) is 16.7 Å². The molecular weight excluding hydrogens is 374 g/mol. The Bertz CT molecular complexity index is 1040. The number of rotatable bonds is 7. The summed E-state index contributed by atoms with van der Waals surface area (Å²) in [6.45, 7) is 3.74. The molecule has 0 aliphatic rings. The Morgan fingerprint density at radius 2 is 1.75 bits per heavy atom. The summed E-state index contributed by atoms with van der Waals surface area (Å²) in [5.41, 5.74) is 2.78. The molecule has 0 radical (unpaired) electrons. The highest BCUT2D eigenvalue weighted by atomic mass is 32.2. The summed E-state index contributed by atoms with van der Waals surface area (Å²) >= 11 is 0. The molecular formula is C22H23NO4S. The Hall–Kier alpha value is -2.86. The minimum Gasteiger partial charge on any atom is -0.468 e. The number of sulfone groups is 1. The molecule has 5 nitrogen and oxygen atoms in total. The van der Waals surface area contributed by atoms with Crippen molar-refractivity contribution >= 4 is 15.7 Å². The van der Waals surface area contributed by atoms with Gasteiger partial charge < -0.3 is 9.73 Å². The third-order valence-electron chi connectivity index (χ3n) is 4.73. The molecule has 3 aromatic rings. The Labute approximate surface area is 165 Å². The largest absolute Gasteiger partial charge is 0.468 e. The van der Waals surface area contributed by atoms with E-state index in [9.17, 15) is 13.2 Å². The Morgan fingerprint density at radius 3 is 2.39 bits per heavy atom. The SMILES string of the molecule is Cc1ccc(S(=O)(=O)[C@@H](CNC(=O)Cc2ccccc2)c2ccco2)cc1C. The summed E-state index contributed by atoms with van der Waals surface area (Å²) < 4.78 is 31.9. The molecule has 1 amide bonds. The molecule has 1 N–H and O–H groups in total. The van der Waals surface area contributed by atoms with E-state index in [0.29, 0.717) is 5.76 Å². The Morgan fingerprint density at radius 1 is 1.00 bits per heavy atom. The van der Waals surface area contributed by atoms with Gasteiger partial charge in [0.05, 0.1) is 17.6 Å². The van der Waals surface area contributed by atoms with E-state index in [1.807, 2.05) is 44.2 Å². The minimum absolute atomic E-state index is 0.0611. The van der Waals surface area contributed by atoms with E-state index in [2.05, 4.69) is 5.32 Å². The van der Waals surface area contributed by atoms with Gasteiger partial charge in [0.2, 0.25) is 5.91 Å². The second kappa shape index (κ2) is 8.44. The van der Waals surface area contributed by atoms with Crippen LogP contribution < -0.4 is 5.32 Å². The van der Waals surface area contributed by atoms with E-state index in [-0.39, 0.29) is 23.8 Å². The zero-order chi connectivity index (χ0) is 20.1. The molecule has 2 aromatic carbocycles. The first-order valence-electron chi connectivity index (χ1n) is 9.03. The Balaban J connectivity index is 1.81. The van der Waals surface area contributed by atoms with Gasteiger partial charge in [-0.1, -0.05) is 36.4 Å². The summed E-state index contributed by atoms with van der Waals surface area (Å²) in [7, 11) is -3.74. The topological polar surface area (TPSA) is 76.4 Å². The monoisotopic (exact) mass is 397 g/mol. The minimum atomic E-state index is -3.74. The van der Waals surface area contributed by atoms with Crippen molar-refractivity contribution in [2.24, 2.45) is 0 Å². The maximum Gasteiger partial charge on any atom is 0.224 e. The number of carbonyl (C=O) groups excluding carboxylic acids is 1. The quantitative estimate of drug-likeness (QED) is 0.658. The van der Waals surface area contributed by atoms with Crippen LogP contribution in [0.5, 0.6) is 0 Å². The van der Waals surface area contributed by atoms with Crippen molar-refractivity contribution in [2.75, 3.05) is 6.54 Å². The van der Waals surface area contributed by atoms with E-state index in [4.69, 9.17) is 4.42 Å². The third kappa shape index (κ3) is 4.51. The summed E-state index contributed by atoms with van der Waals surface area (Å²) in [5.74, 6) is 0.0660. The fourth-order valence-electron chi connectivity index (χ4n) is 2.94. The molecule has 0 aliphatic carbocycles. The van der Waals surface area contributed by atoms with Gasteiger partial charge in [0.1, 0.15) is 11.0 Å². The van der Waals surface area contributed by atoms with Gasteiger partial charge in [0.15, 0.2) is 9.84 Å². The normalized spacial score (nSPS) is 12.5. The third-order valence-corrected chi connectivity index (χ3v) is 6.79. The van der Waals surface area contributed by atoms with Crippen LogP contribution in [-0.2, 0) is 21.1 Å². The van der Waals surface area contributed by atoms with Gasteiger partial charge in [-0.2, -0.15) is 0 Å². The molecule has 146 valence electrons. The van der Waals surface area contributed by atoms with E-state index in [1.54, 1.807) is 30.3 Å². The van der Waals surface area contributed by atoms with Gasteiger partial charge in [0.25, 0.3) is 0 Å². The lowest BCUT2D eigenvalue weighted by Gasteiger charge is -2.17. The summed E-state index contributed by atoms with van der Waals surface area (Å²) in [6.07, 6.45) is 1.62. The van der Waals surface area contributed by atoms with Gasteiger partial charge in [0, 0.05) is 6.54 Å². The maximum atomic E-state index is 13.3. The second-order valence-electron chi connectivity index (χ2n) is 6.76. The lowest BCUT2D eigenvalue weighted by atomic mass is 10.1. The highest BCUT2D eigenvalue weighted by Crippen LogP contribution is 2.30. The zero-order valence-corrected chi connectivity index (χ0v) is 16.7. The van der Waals surface area contributed by atoms with Gasteiger partial charge in [-0.25, -0.2) is 8.42 Å².